The van der Waals surface area contributed by atoms with Crippen LogP contribution in [0.25, 0.3) is 0 Å². The molecule has 1 atom stereocenters. The van der Waals surface area contributed by atoms with Crippen molar-refractivity contribution in [3.05, 3.63) is 16.1 Å². The lowest BCUT2D eigenvalue weighted by Gasteiger charge is -2.28. The summed E-state index contributed by atoms with van der Waals surface area (Å²) in [5.74, 6) is -1.10. The van der Waals surface area contributed by atoms with Crippen LogP contribution in [0.2, 0.25) is 0 Å². The molecule has 1 unspecified atom stereocenters. The Morgan fingerprint density at radius 1 is 1.40 bits per heavy atom. The van der Waals surface area contributed by atoms with Crippen LogP contribution in [0.3, 0.4) is 0 Å². The average molecular weight is 368 g/mol. The van der Waals surface area contributed by atoms with Gasteiger partial charge < -0.3 is 10.0 Å². The van der Waals surface area contributed by atoms with Crippen LogP contribution in [0.4, 0.5) is 0 Å². The number of carbonyl (C=O) groups excluding carboxylic acids is 1. The molecule has 1 aromatic rings. The average Bonchev–Trinajstić information content (AvgIpc) is 2.87. The van der Waals surface area contributed by atoms with Crippen LogP contribution in [-0.2, 0) is 22.6 Å². The van der Waals surface area contributed by atoms with Gasteiger partial charge in [0.15, 0.2) is 0 Å². The van der Waals surface area contributed by atoms with Crippen molar-refractivity contribution in [2.75, 3.05) is 19.6 Å². The molecular formula is C18H29N3O3S. The van der Waals surface area contributed by atoms with Crippen LogP contribution in [-0.4, -0.2) is 57.4 Å². The monoisotopic (exact) mass is 367 g/mol. The Balaban J connectivity index is 1.88. The van der Waals surface area contributed by atoms with E-state index in [2.05, 4.69) is 17.2 Å². The van der Waals surface area contributed by atoms with Crippen LogP contribution >= 0.6 is 11.3 Å². The summed E-state index contributed by atoms with van der Waals surface area (Å²) in [5, 5.41) is 12.4. The lowest BCUT2D eigenvalue weighted by molar-refractivity contribution is -0.145. The van der Waals surface area contributed by atoms with Crippen molar-refractivity contribution in [2.24, 2.45) is 0 Å². The molecule has 0 spiro atoms. The minimum absolute atomic E-state index is 0.0224. The van der Waals surface area contributed by atoms with Gasteiger partial charge >= 0.3 is 5.97 Å². The number of carbonyl (C=O) groups is 2. The summed E-state index contributed by atoms with van der Waals surface area (Å²) in [6.45, 7) is 6.13. The summed E-state index contributed by atoms with van der Waals surface area (Å²) in [7, 11) is 0. The molecule has 0 saturated carbocycles. The van der Waals surface area contributed by atoms with E-state index < -0.39 is 5.97 Å². The summed E-state index contributed by atoms with van der Waals surface area (Å²) in [6.07, 6.45) is 6.09. The number of aromatic nitrogens is 1. The standard InChI is InChI=1S/C18H29N3O3S/c1-3-4-7-17-19-15(13-25-17)11-20-9-5-6-16(8-10-20)21(14(2)22)12-18(23)24/h13,16H,3-12H2,1-2H3,(H,23,24). The largest absolute Gasteiger partial charge is 0.480 e. The first kappa shape index (κ1) is 19.8. The third-order valence-corrected chi connectivity index (χ3v) is 5.63. The summed E-state index contributed by atoms with van der Waals surface area (Å²) >= 11 is 1.74. The van der Waals surface area contributed by atoms with Crippen LogP contribution in [0.1, 0.15) is 56.7 Å². The molecule has 0 bridgehead atoms. The Labute approximate surface area is 153 Å². The maximum Gasteiger partial charge on any atom is 0.323 e. The van der Waals surface area contributed by atoms with E-state index in [1.54, 1.807) is 11.3 Å². The molecule has 25 heavy (non-hydrogen) atoms. The molecule has 2 rings (SSSR count). The van der Waals surface area contributed by atoms with E-state index in [9.17, 15) is 9.59 Å². The number of amides is 1. The first-order chi connectivity index (χ1) is 12.0. The van der Waals surface area contributed by atoms with Crippen molar-refractivity contribution in [1.29, 1.82) is 0 Å². The fourth-order valence-electron chi connectivity index (χ4n) is 3.34. The van der Waals surface area contributed by atoms with Crippen LogP contribution < -0.4 is 0 Å². The number of hydrogen-bond acceptors (Lipinski definition) is 5. The van der Waals surface area contributed by atoms with Gasteiger partial charge in [0, 0.05) is 31.4 Å². The van der Waals surface area contributed by atoms with E-state index in [0.717, 1.165) is 51.0 Å². The van der Waals surface area contributed by atoms with Crippen molar-refractivity contribution >= 4 is 23.2 Å². The van der Waals surface area contributed by atoms with Crippen molar-refractivity contribution < 1.29 is 14.7 Å². The number of unbranched alkanes of at least 4 members (excludes halogenated alkanes) is 1. The molecule has 1 fully saturated rings. The molecule has 1 aliphatic rings. The minimum atomic E-state index is -0.946. The third kappa shape index (κ3) is 6.40. The molecule has 1 saturated heterocycles. The normalized spacial score (nSPS) is 18.7. The lowest BCUT2D eigenvalue weighted by atomic mass is 10.1. The third-order valence-electron chi connectivity index (χ3n) is 4.67. The highest BCUT2D eigenvalue weighted by Crippen LogP contribution is 2.20. The zero-order valence-corrected chi connectivity index (χ0v) is 16.1. The molecule has 0 radical (unpaired) electrons. The van der Waals surface area contributed by atoms with Gasteiger partial charge in [0.25, 0.3) is 0 Å². The quantitative estimate of drug-likeness (QED) is 0.765. The molecule has 1 aromatic heterocycles. The maximum atomic E-state index is 11.8. The van der Waals surface area contributed by atoms with Crippen LogP contribution in [0, 0.1) is 0 Å². The van der Waals surface area contributed by atoms with Crippen molar-refractivity contribution in [3.63, 3.8) is 0 Å². The summed E-state index contributed by atoms with van der Waals surface area (Å²) in [5.41, 5.74) is 1.13. The summed E-state index contributed by atoms with van der Waals surface area (Å²) in [4.78, 5) is 31.4. The van der Waals surface area contributed by atoms with Gasteiger partial charge in [-0.05, 0) is 38.6 Å². The first-order valence-electron chi connectivity index (χ1n) is 9.14. The van der Waals surface area contributed by atoms with Gasteiger partial charge in [0.2, 0.25) is 5.91 Å². The van der Waals surface area contributed by atoms with Gasteiger partial charge in [-0.1, -0.05) is 13.3 Å². The first-order valence-corrected chi connectivity index (χ1v) is 10.0. The Morgan fingerprint density at radius 3 is 2.88 bits per heavy atom. The summed E-state index contributed by atoms with van der Waals surface area (Å²) in [6, 6.07) is 0.0224. The Bertz CT molecular complexity index is 576. The number of aryl methyl sites for hydroxylation is 1. The molecule has 1 N–H and O–H groups in total. The predicted molar refractivity (Wildman–Crippen MR) is 98.7 cm³/mol. The van der Waals surface area contributed by atoms with E-state index in [4.69, 9.17) is 10.1 Å². The van der Waals surface area contributed by atoms with E-state index in [1.165, 1.54) is 29.7 Å². The minimum Gasteiger partial charge on any atom is -0.480 e. The predicted octanol–water partition coefficient (Wildman–Crippen LogP) is 2.77. The van der Waals surface area contributed by atoms with E-state index in [0.29, 0.717) is 0 Å². The highest BCUT2D eigenvalue weighted by Gasteiger charge is 2.26. The lowest BCUT2D eigenvalue weighted by Crippen LogP contribution is -2.42. The van der Waals surface area contributed by atoms with Gasteiger partial charge in [-0.2, -0.15) is 0 Å². The molecule has 1 aliphatic heterocycles. The van der Waals surface area contributed by atoms with Gasteiger partial charge in [0.05, 0.1) is 10.7 Å². The Morgan fingerprint density at radius 2 is 2.20 bits per heavy atom. The molecule has 140 valence electrons. The number of rotatable bonds is 8. The number of carboxylic acids is 1. The van der Waals surface area contributed by atoms with E-state index >= 15 is 0 Å². The molecular weight excluding hydrogens is 338 g/mol. The Kier molecular flexibility index (Phi) is 7.84. The topological polar surface area (TPSA) is 73.7 Å². The number of likely N-dealkylation sites (tertiary alicyclic amines) is 1. The molecule has 6 nitrogen and oxygen atoms in total. The number of aliphatic carboxylic acids is 1. The second-order valence-corrected chi connectivity index (χ2v) is 7.68. The SMILES string of the molecule is CCCCc1nc(CN2CCCC(N(CC(=O)O)C(C)=O)CC2)cs1. The molecule has 1 amide bonds. The van der Waals surface area contributed by atoms with E-state index in [1.807, 2.05) is 0 Å². The van der Waals surface area contributed by atoms with Gasteiger partial charge in [-0.3, -0.25) is 14.5 Å². The second kappa shape index (κ2) is 9.87. The van der Waals surface area contributed by atoms with Crippen molar-refractivity contribution in [3.8, 4) is 0 Å². The van der Waals surface area contributed by atoms with Gasteiger partial charge in [-0.15, -0.1) is 11.3 Å². The second-order valence-electron chi connectivity index (χ2n) is 6.74. The maximum absolute atomic E-state index is 11.8. The number of thiazole rings is 1. The molecule has 2 heterocycles. The molecule has 0 aliphatic carbocycles. The van der Waals surface area contributed by atoms with Crippen molar-refractivity contribution in [1.82, 2.24) is 14.8 Å². The Hall–Kier alpha value is -1.47. The highest BCUT2D eigenvalue weighted by atomic mass is 32.1. The van der Waals surface area contributed by atoms with E-state index in [-0.39, 0.29) is 18.5 Å². The van der Waals surface area contributed by atoms with Crippen molar-refractivity contribution in [2.45, 2.75) is 65.0 Å². The highest BCUT2D eigenvalue weighted by molar-refractivity contribution is 7.09. The van der Waals surface area contributed by atoms with Gasteiger partial charge in [0.1, 0.15) is 6.54 Å². The smallest absolute Gasteiger partial charge is 0.323 e. The zero-order valence-electron chi connectivity index (χ0n) is 15.2. The molecule has 0 aromatic carbocycles. The van der Waals surface area contributed by atoms with Gasteiger partial charge in [-0.25, -0.2) is 4.98 Å². The fraction of sp³-hybridized carbons (Fsp3) is 0.722. The summed E-state index contributed by atoms with van der Waals surface area (Å²) < 4.78 is 0. The van der Waals surface area contributed by atoms with Crippen LogP contribution in [0.5, 0.6) is 0 Å². The van der Waals surface area contributed by atoms with Crippen LogP contribution in [0.15, 0.2) is 5.38 Å². The fourth-order valence-corrected chi connectivity index (χ4v) is 4.18. The number of nitrogens with zero attached hydrogens (tertiary/aromatic N) is 3. The number of hydrogen-bond donors (Lipinski definition) is 1. The molecule has 7 heteroatoms. The zero-order chi connectivity index (χ0) is 18.2. The number of carboxylic acid groups (broad SMARTS) is 1.